The monoisotopic (exact) mass is 330 g/mol. The van der Waals surface area contributed by atoms with Crippen molar-refractivity contribution in [3.63, 3.8) is 0 Å². The van der Waals surface area contributed by atoms with Gasteiger partial charge in [-0.25, -0.2) is 0 Å². The van der Waals surface area contributed by atoms with E-state index in [1.165, 1.54) is 16.7 Å². The zero-order valence-corrected chi connectivity index (χ0v) is 14.5. The Balaban J connectivity index is 1.62. The van der Waals surface area contributed by atoms with Crippen LogP contribution in [0.25, 0.3) is 5.57 Å². The molecule has 3 heteroatoms. The molecule has 4 rings (SSSR count). The first-order chi connectivity index (χ1) is 12.2. The lowest BCUT2D eigenvalue weighted by atomic mass is 9.88. The maximum atomic E-state index is 9.31. The molecular weight excluding hydrogens is 308 g/mol. The molecule has 25 heavy (non-hydrogen) atoms. The van der Waals surface area contributed by atoms with E-state index in [4.69, 9.17) is 4.74 Å². The van der Waals surface area contributed by atoms with E-state index in [-0.39, 0.29) is 0 Å². The SMILES string of the molecule is Cc1ccc(C2=CC3COCC(C2)N3Cc2ccccc2)cc1C#N. The van der Waals surface area contributed by atoms with Gasteiger partial charge in [0.15, 0.2) is 0 Å². The van der Waals surface area contributed by atoms with E-state index < -0.39 is 0 Å². The third kappa shape index (κ3) is 3.24. The first kappa shape index (κ1) is 16.1. The highest BCUT2D eigenvalue weighted by atomic mass is 16.5. The molecule has 2 bridgehead atoms. The molecule has 2 heterocycles. The number of fused-ring (bicyclic) bond motifs is 2. The van der Waals surface area contributed by atoms with Gasteiger partial charge in [-0.1, -0.05) is 48.5 Å². The van der Waals surface area contributed by atoms with E-state index in [0.29, 0.717) is 12.1 Å². The van der Waals surface area contributed by atoms with E-state index in [0.717, 1.165) is 37.3 Å². The minimum atomic E-state index is 0.301. The van der Waals surface area contributed by atoms with Gasteiger partial charge in [-0.05, 0) is 41.7 Å². The van der Waals surface area contributed by atoms with E-state index in [1.807, 2.05) is 13.0 Å². The Morgan fingerprint density at radius 1 is 1.16 bits per heavy atom. The minimum absolute atomic E-state index is 0.301. The molecule has 0 amide bonds. The average Bonchev–Trinajstić information content (AvgIpc) is 2.63. The number of aryl methyl sites for hydroxylation is 1. The lowest BCUT2D eigenvalue weighted by Gasteiger charge is -2.45. The number of morpholine rings is 1. The molecule has 0 spiro atoms. The first-order valence-electron chi connectivity index (χ1n) is 8.84. The summed E-state index contributed by atoms with van der Waals surface area (Å²) in [5, 5.41) is 9.31. The highest BCUT2D eigenvalue weighted by Crippen LogP contribution is 2.34. The molecule has 2 aliphatic heterocycles. The molecule has 2 aromatic rings. The van der Waals surface area contributed by atoms with Crippen LogP contribution in [0.4, 0.5) is 0 Å². The van der Waals surface area contributed by atoms with Crippen molar-refractivity contribution in [2.45, 2.75) is 32.0 Å². The van der Waals surface area contributed by atoms with Gasteiger partial charge in [0.1, 0.15) is 0 Å². The number of ether oxygens (including phenoxy) is 1. The average molecular weight is 330 g/mol. The largest absolute Gasteiger partial charge is 0.378 e. The number of nitrogens with zero attached hydrogens (tertiary/aromatic N) is 2. The Labute approximate surface area is 149 Å². The number of nitriles is 1. The topological polar surface area (TPSA) is 36.3 Å². The predicted molar refractivity (Wildman–Crippen MR) is 98.9 cm³/mol. The van der Waals surface area contributed by atoms with E-state index in [1.54, 1.807) is 0 Å². The second kappa shape index (κ2) is 6.84. The molecule has 2 unspecified atom stereocenters. The molecule has 3 nitrogen and oxygen atoms in total. The summed E-state index contributed by atoms with van der Waals surface area (Å²) in [5.41, 5.74) is 5.68. The predicted octanol–water partition coefficient (Wildman–Crippen LogP) is 3.92. The van der Waals surface area contributed by atoms with Crippen molar-refractivity contribution in [2.75, 3.05) is 13.2 Å². The van der Waals surface area contributed by atoms with Crippen molar-refractivity contribution >= 4 is 5.57 Å². The van der Waals surface area contributed by atoms with Gasteiger partial charge in [0.25, 0.3) is 0 Å². The number of benzene rings is 2. The van der Waals surface area contributed by atoms with Crippen LogP contribution in [-0.2, 0) is 11.3 Å². The molecule has 0 aromatic heterocycles. The van der Waals surface area contributed by atoms with Crippen LogP contribution in [0.1, 0.15) is 28.7 Å². The van der Waals surface area contributed by atoms with Crippen LogP contribution in [0.2, 0.25) is 0 Å². The standard InChI is InChI=1S/C22H22N2O/c1-16-7-8-18(9-20(16)12-23)19-10-21-14-25-15-22(11-19)24(21)13-17-5-3-2-4-6-17/h2-10,21-22H,11,13-15H2,1H3. The fourth-order valence-electron chi connectivity index (χ4n) is 3.86. The third-order valence-electron chi connectivity index (χ3n) is 5.28. The van der Waals surface area contributed by atoms with Gasteiger partial charge in [0, 0.05) is 12.6 Å². The zero-order valence-electron chi connectivity index (χ0n) is 14.5. The molecule has 0 radical (unpaired) electrons. The molecular formula is C22H22N2O. The first-order valence-corrected chi connectivity index (χ1v) is 8.84. The Kier molecular flexibility index (Phi) is 4.40. The number of hydrogen-bond acceptors (Lipinski definition) is 3. The molecule has 0 saturated carbocycles. The molecule has 1 saturated heterocycles. The van der Waals surface area contributed by atoms with Crippen LogP contribution in [0.15, 0.2) is 54.6 Å². The molecule has 1 fully saturated rings. The Morgan fingerprint density at radius 2 is 2.00 bits per heavy atom. The van der Waals surface area contributed by atoms with Gasteiger partial charge >= 0.3 is 0 Å². The summed E-state index contributed by atoms with van der Waals surface area (Å²) >= 11 is 0. The summed E-state index contributed by atoms with van der Waals surface area (Å²) in [5.74, 6) is 0. The van der Waals surface area contributed by atoms with Crippen molar-refractivity contribution in [1.82, 2.24) is 4.90 Å². The van der Waals surface area contributed by atoms with Crippen molar-refractivity contribution in [1.29, 1.82) is 5.26 Å². The summed E-state index contributed by atoms with van der Waals surface area (Å²) in [6.07, 6.45) is 3.31. The Morgan fingerprint density at radius 3 is 2.76 bits per heavy atom. The third-order valence-corrected chi connectivity index (χ3v) is 5.28. The second-order valence-corrected chi connectivity index (χ2v) is 6.95. The smallest absolute Gasteiger partial charge is 0.0994 e. The van der Waals surface area contributed by atoms with Crippen LogP contribution < -0.4 is 0 Å². The maximum absolute atomic E-state index is 9.31. The molecule has 0 N–H and O–H groups in total. The summed E-state index contributed by atoms with van der Waals surface area (Å²) in [6, 6.07) is 19.9. The molecule has 2 aromatic carbocycles. The van der Waals surface area contributed by atoms with Crippen LogP contribution in [0, 0.1) is 18.3 Å². The van der Waals surface area contributed by atoms with Crippen molar-refractivity contribution < 1.29 is 4.74 Å². The Bertz CT molecular complexity index is 835. The lowest BCUT2D eigenvalue weighted by molar-refractivity contribution is -0.0402. The fraction of sp³-hybridized carbons (Fsp3) is 0.318. The molecule has 2 aliphatic rings. The minimum Gasteiger partial charge on any atom is -0.378 e. The fourth-order valence-corrected chi connectivity index (χ4v) is 3.86. The highest BCUT2D eigenvalue weighted by Gasteiger charge is 2.34. The van der Waals surface area contributed by atoms with Gasteiger partial charge in [-0.3, -0.25) is 4.90 Å². The summed E-state index contributed by atoms with van der Waals surface area (Å²) in [7, 11) is 0. The van der Waals surface area contributed by atoms with Gasteiger partial charge in [0.05, 0.1) is 30.9 Å². The highest BCUT2D eigenvalue weighted by molar-refractivity contribution is 5.69. The zero-order chi connectivity index (χ0) is 17.2. The van der Waals surface area contributed by atoms with Crippen molar-refractivity contribution in [3.05, 3.63) is 76.9 Å². The molecule has 0 aliphatic carbocycles. The Hall–Kier alpha value is -2.41. The van der Waals surface area contributed by atoms with Crippen molar-refractivity contribution in [2.24, 2.45) is 0 Å². The van der Waals surface area contributed by atoms with Gasteiger partial charge in [-0.2, -0.15) is 5.26 Å². The lowest BCUT2D eigenvalue weighted by Crippen LogP contribution is -2.53. The number of hydrogen-bond donors (Lipinski definition) is 0. The van der Waals surface area contributed by atoms with Gasteiger partial charge < -0.3 is 4.74 Å². The van der Waals surface area contributed by atoms with Gasteiger partial charge in [0.2, 0.25) is 0 Å². The summed E-state index contributed by atoms with van der Waals surface area (Å²) in [4.78, 5) is 2.56. The summed E-state index contributed by atoms with van der Waals surface area (Å²) < 4.78 is 5.81. The van der Waals surface area contributed by atoms with E-state index in [9.17, 15) is 5.26 Å². The molecule has 2 atom stereocenters. The quantitative estimate of drug-likeness (QED) is 0.856. The summed E-state index contributed by atoms with van der Waals surface area (Å²) in [6.45, 7) is 4.46. The van der Waals surface area contributed by atoms with Crippen LogP contribution >= 0.6 is 0 Å². The van der Waals surface area contributed by atoms with Crippen LogP contribution in [0.3, 0.4) is 0 Å². The van der Waals surface area contributed by atoms with E-state index in [2.05, 4.69) is 59.5 Å². The normalized spacial score (nSPS) is 23.0. The maximum Gasteiger partial charge on any atom is 0.0994 e. The van der Waals surface area contributed by atoms with E-state index >= 15 is 0 Å². The van der Waals surface area contributed by atoms with Crippen molar-refractivity contribution in [3.8, 4) is 6.07 Å². The van der Waals surface area contributed by atoms with Gasteiger partial charge in [-0.15, -0.1) is 0 Å². The van der Waals surface area contributed by atoms with Crippen LogP contribution in [-0.4, -0.2) is 30.2 Å². The second-order valence-electron chi connectivity index (χ2n) is 6.95. The molecule has 126 valence electrons. The number of rotatable bonds is 3. The van der Waals surface area contributed by atoms with Crippen LogP contribution in [0.5, 0.6) is 0 Å².